The van der Waals surface area contributed by atoms with Crippen molar-refractivity contribution in [2.75, 3.05) is 0 Å². The Kier molecular flexibility index (Phi) is 2.51. The van der Waals surface area contributed by atoms with Gasteiger partial charge in [-0.2, -0.15) is 0 Å². The van der Waals surface area contributed by atoms with Gasteiger partial charge in [-0.05, 0) is 30.7 Å². The van der Waals surface area contributed by atoms with Crippen LogP contribution >= 0.6 is 0 Å². The van der Waals surface area contributed by atoms with Crippen molar-refractivity contribution in [3.8, 4) is 11.3 Å². The topological polar surface area (TPSA) is 34.1 Å². The lowest BCUT2D eigenvalue weighted by atomic mass is 10.0. The highest BCUT2D eigenvalue weighted by Crippen LogP contribution is 2.25. The summed E-state index contributed by atoms with van der Waals surface area (Å²) in [5, 5.41) is 1.12. The first-order chi connectivity index (χ1) is 10.2. The third kappa shape index (κ3) is 1.88. The van der Waals surface area contributed by atoms with E-state index in [-0.39, 0.29) is 0 Å². The third-order valence-corrected chi connectivity index (χ3v) is 3.86. The summed E-state index contributed by atoms with van der Waals surface area (Å²) in [6.07, 6.45) is 7.70. The molecule has 0 amide bonds. The van der Waals surface area contributed by atoms with Crippen LogP contribution in [-0.2, 0) is 7.05 Å². The summed E-state index contributed by atoms with van der Waals surface area (Å²) in [7, 11) is 2.07. The Bertz CT molecular complexity index is 969. The summed E-state index contributed by atoms with van der Waals surface area (Å²) in [6.45, 7) is 2.13. The van der Waals surface area contributed by atoms with Crippen molar-refractivity contribution >= 4 is 16.6 Å². The predicted octanol–water partition coefficient (Wildman–Crippen LogP) is 2.68. The summed E-state index contributed by atoms with van der Waals surface area (Å²) in [5.41, 5.74) is 5.53. The molecule has 102 valence electrons. The van der Waals surface area contributed by atoms with Crippen molar-refractivity contribution in [2.45, 2.75) is 6.92 Å². The van der Waals surface area contributed by atoms with E-state index in [4.69, 9.17) is 0 Å². The molecule has 3 aromatic heterocycles. The highest BCUT2D eigenvalue weighted by molar-refractivity contribution is 5.86. The minimum absolute atomic E-state index is 0.875. The molecule has 4 heteroatoms. The largest absolute Gasteiger partial charge is 0.290 e. The summed E-state index contributed by atoms with van der Waals surface area (Å²) in [5.74, 6) is 0. The maximum Gasteiger partial charge on any atom is 0.212 e. The second-order valence-corrected chi connectivity index (χ2v) is 5.32. The van der Waals surface area contributed by atoms with Crippen molar-refractivity contribution in [1.82, 2.24) is 14.4 Å². The molecule has 3 heterocycles. The van der Waals surface area contributed by atoms with Crippen LogP contribution in [0, 0.1) is 6.92 Å². The first-order valence-corrected chi connectivity index (χ1v) is 6.90. The van der Waals surface area contributed by atoms with Crippen molar-refractivity contribution in [2.24, 2.45) is 7.05 Å². The second-order valence-electron chi connectivity index (χ2n) is 5.32. The lowest BCUT2D eigenvalue weighted by Gasteiger charge is -2.07. The highest BCUT2D eigenvalue weighted by atomic mass is 15.0. The van der Waals surface area contributed by atoms with Crippen LogP contribution in [-0.4, -0.2) is 14.4 Å². The van der Waals surface area contributed by atoms with E-state index in [1.165, 1.54) is 16.8 Å². The van der Waals surface area contributed by atoms with Gasteiger partial charge in [0.1, 0.15) is 13.4 Å². The number of hydrogen-bond acceptors (Lipinski definition) is 2. The van der Waals surface area contributed by atoms with Gasteiger partial charge in [0.25, 0.3) is 0 Å². The number of aryl methyl sites for hydroxylation is 2. The van der Waals surface area contributed by atoms with Crippen molar-refractivity contribution in [1.29, 1.82) is 0 Å². The number of benzene rings is 1. The number of fused-ring (bicyclic) bond motifs is 2. The van der Waals surface area contributed by atoms with Gasteiger partial charge in [0, 0.05) is 29.3 Å². The van der Waals surface area contributed by atoms with Crippen LogP contribution in [0.1, 0.15) is 5.56 Å². The van der Waals surface area contributed by atoms with Crippen LogP contribution in [0.25, 0.3) is 27.8 Å². The number of aromatic nitrogens is 4. The molecule has 4 aromatic rings. The standard InChI is InChI=1S/C17H15N4/c1-12-7-15-13(10-21-11-18-9-17(21)19-15)8-14(12)16-5-3-4-6-20(16)2/h3-11H,1-2H3/q+1. The number of imidazole rings is 1. The van der Waals surface area contributed by atoms with Crippen LogP contribution in [0.15, 0.2) is 55.2 Å². The zero-order valence-corrected chi connectivity index (χ0v) is 12.0. The van der Waals surface area contributed by atoms with Crippen molar-refractivity contribution in [3.05, 3.63) is 60.8 Å². The Balaban J connectivity index is 2.04. The van der Waals surface area contributed by atoms with E-state index in [0.29, 0.717) is 0 Å². The van der Waals surface area contributed by atoms with E-state index in [1.54, 1.807) is 12.5 Å². The maximum atomic E-state index is 4.65. The van der Waals surface area contributed by atoms with Gasteiger partial charge in [0.05, 0.1) is 11.7 Å². The lowest BCUT2D eigenvalue weighted by Crippen LogP contribution is -2.30. The normalized spacial score (nSPS) is 11.3. The summed E-state index contributed by atoms with van der Waals surface area (Å²) in [4.78, 5) is 8.79. The quantitative estimate of drug-likeness (QED) is 0.500. The molecule has 0 saturated heterocycles. The smallest absolute Gasteiger partial charge is 0.212 e. The van der Waals surface area contributed by atoms with Crippen LogP contribution < -0.4 is 4.57 Å². The van der Waals surface area contributed by atoms with Gasteiger partial charge in [-0.15, -0.1) is 0 Å². The number of rotatable bonds is 1. The van der Waals surface area contributed by atoms with Crippen LogP contribution in [0.4, 0.5) is 0 Å². The summed E-state index contributed by atoms with van der Waals surface area (Å²) in [6, 6.07) is 10.6. The van der Waals surface area contributed by atoms with Crippen molar-refractivity contribution < 1.29 is 4.57 Å². The molecule has 4 rings (SSSR count). The molecule has 0 bridgehead atoms. The molecule has 0 saturated carbocycles. The molecule has 0 aliphatic carbocycles. The van der Waals surface area contributed by atoms with Crippen LogP contribution in [0.3, 0.4) is 0 Å². The molecule has 4 nitrogen and oxygen atoms in total. The van der Waals surface area contributed by atoms with Gasteiger partial charge in [-0.3, -0.25) is 4.40 Å². The fourth-order valence-corrected chi connectivity index (χ4v) is 2.75. The molecule has 0 unspecified atom stereocenters. The molecule has 21 heavy (non-hydrogen) atoms. The molecule has 0 fully saturated rings. The van der Waals surface area contributed by atoms with Gasteiger partial charge in [-0.25, -0.2) is 14.5 Å². The van der Waals surface area contributed by atoms with Gasteiger partial charge < -0.3 is 0 Å². The maximum absolute atomic E-state index is 4.65. The zero-order chi connectivity index (χ0) is 14.4. The molecule has 0 aliphatic heterocycles. The summed E-state index contributed by atoms with van der Waals surface area (Å²) < 4.78 is 4.09. The van der Waals surface area contributed by atoms with Crippen molar-refractivity contribution in [3.63, 3.8) is 0 Å². The first-order valence-electron chi connectivity index (χ1n) is 6.90. The van der Waals surface area contributed by atoms with Crippen LogP contribution in [0.5, 0.6) is 0 Å². The van der Waals surface area contributed by atoms with Gasteiger partial charge >= 0.3 is 0 Å². The van der Waals surface area contributed by atoms with E-state index in [9.17, 15) is 0 Å². The molecule has 0 radical (unpaired) electrons. The molecular formula is C17H15N4+. The summed E-state index contributed by atoms with van der Waals surface area (Å²) >= 11 is 0. The first kappa shape index (κ1) is 12.0. The minimum Gasteiger partial charge on any atom is -0.290 e. The van der Waals surface area contributed by atoms with E-state index in [2.05, 4.69) is 65.2 Å². The van der Waals surface area contributed by atoms with E-state index in [0.717, 1.165) is 16.6 Å². The average Bonchev–Trinajstić information content (AvgIpc) is 2.92. The Morgan fingerprint density at radius 2 is 2.10 bits per heavy atom. The van der Waals surface area contributed by atoms with E-state index >= 15 is 0 Å². The Labute approximate surface area is 122 Å². The second kappa shape index (κ2) is 4.38. The van der Waals surface area contributed by atoms with Crippen LogP contribution in [0.2, 0.25) is 0 Å². The molecule has 1 aromatic carbocycles. The Morgan fingerprint density at radius 3 is 2.95 bits per heavy atom. The number of hydrogen-bond donors (Lipinski definition) is 0. The average molecular weight is 275 g/mol. The molecule has 0 aliphatic rings. The predicted molar refractivity (Wildman–Crippen MR) is 81.8 cm³/mol. The van der Waals surface area contributed by atoms with E-state index < -0.39 is 0 Å². The molecule has 0 N–H and O–H groups in total. The van der Waals surface area contributed by atoms with E-state index in [1.807, 2.05) is 10.5 Å². The minimum atomic E-state index is 0.875. The number of nitrogens with zero attached hydrogens (tertiary/aromatic N) is 4. The fourth-order valence-electron chi connectivity index (χ4n) is 2.75. The zero-order valence-electron chi connectivity index (χ0n) is 12.0. The highest BCUT2D eigenvalue weighted by Gasteiger charge is 2.13. The van der Waals surface area contributed by atoms with Gasteiger partial charge in [0.15, 0.2) is 11.8 Å². The fraction of sp³-hybridized carbons (Fsp3) is 0.118. The van der Waals surface area contributed by atoms with Gasteiger partial charge in [0.2, 0.25) is 5.69 Å². The molecule has 0 spiro atoms. The number of pyridine rings is 1. The third-order valence-electron chi connectivity index (χ3n) is 3.86. The Morgan fingerprint density at radius 1 is 1.19 bits per heavy atom. The molecular weight excluding hydrogens is 260 g/mol. The van der Waals surface area contributed by atoms with Gasteiger partial charge in [-0.1, -0.05) is 0 Å². The monoisotopic (exact) mass is 275 g/mol. The lowest BCUT2D eigenvalue weighted by molar-refractivity contribution is -0.660. The SMILES string of the molecule is Cc1cc2nc3cncn3cc2cc1-c1cccc[n+]1C. The Hall–Kier alpha value is -2.75. The molecule has 0 atom stereocenters.